The van der Waals surface area contributed by atoms with Crippen LogP contribution in [0.5, 0.6) is 0 Å². The molecular weight excluding hydrogens is 364 g/mol. The van der Waals surface area contributed by atoms with Crippen molar-refractivity contribution in [3.05, 3.63) is 59.4 Å². The Balaban J connectivity index is 1.59. The molecule has 27 heavy (non-hydrogen) atoms. The van der Waals surface area contributed by atoms with Crippen LogP contribution in [0.15, 0.2) is 48.5 Å². The van der Waals surface area contributed by atoms with Crippen molar-refractivity contribution < 1.29 is 9.59 Å². The summed E-state index contributed by atoms with van der Waals surface area (Å²) in [6, 6.07) is 14.7. The van der Waals surface area contributed by atoms with Crippen molar-refractivity contribution in [3.63, 3.8) is 0 Å². The number of fused-ring (bicyclic) bond motifs is 1. The van der Waals surface area contributed by atoms with E-state index in [1.807, 2.05) is 54.8 Å². The fourth-order valence-corrected chi connectivity index (χ4v) is 3.22. The largest absolute Gasteiger partial charge is 0.352 e. The number of carbonyl (C=O) groups is 2. The summed E-state index contributed by atoms with van der Waals surface area (Å²) in [5, 5.41) is 5.94. The molecule has 3 aromatic rings. The van der Waals surface area contributed by atoms with E-state index in [9.17, 15) is 9.59 Å². The predicted molar refractivity (Wildman–Crippen MR) is 107 cm³/mol. The van der Waals surface area contributed by atoms with Gasteiger partial charge in [0.15, 0.2) is 0 Å². The zero-order valence-corrected chi connectivity index (χ0v) is 16.0. The normalized spacial score (nSPS) is 11.0. The quantitative estimate of drug-likeness (QED) is 0.673. The molecule has 140 valence electrons. The minimum absolute atomic E-state index is 0.153. The maximum Gasteiger partial charge on any atom is 0.251 e. The number of hydrogen-bond acceptors (Lipinski definition) is 3. The molecule has 0 saturated carbocycles. The molecule has 0 radical (unpaired) electrons. The van der Waals surface area contributed by atoms with Crippen molar-refractivity contribution in [2.75, 3.05) is 11.9 Å². The van der Waals surface area contributed by atoms with E-state index in [0.29, 0.717) is 16.4 Å². The molecule has 2 N–H and O–H groups in total. The van der Waals surface area contributed by atoms with Gasteiger partial charge in [-0.15, -0.1) is 0 Å². The summed E-state index contributed by atoms with van der Waals surface area (Å²) in [5.74, 6) is -0.404. The Kier molecular flexibility index (Phi) is 5.76. The van der Waals surface area contributed by atoms with Gasteiger partial charge in [0.05, 0.1) is 11.0 Å². The van der Waals surface area contributed by atoms with Crippen LogP contribution in [0.1, 0.15) is 36.7 Å². The van der Waals surface area contributed by atoms with Crippen LogP contribution in [-0.4, -0.2) is 27.9 Å². The molecule has 2 amide bonds. The highest BCUT2D eigenvalue weighted by Gasteiger charge is 2.14. The van der Waals surface area contributed by atoms with Crippen LogP contribution in [0.4, 0.5) is 5.69 Å². The second-order valence-corrected chi connectivity index (χ2v) is 6.81. The average Bonchev–Trinajstić information content (AvgIpc) is 2.97. The first kappa shape index (κ1) is 18.9. The van der Waals surface area contributed by atoms with Gasteiger partial charge in [0.2, 0.25) is 11.2 Å². The van der Waals surface area contributed by atoms with Gasteiger partial charge >= 0.3 is 0 Å². The van der Waals surface area contributed by atoms with Gasteiger partial charge in [-0.1, -0.05) is 18.2 Å². The number of halogens is 1. The highest BCUT2D eigenvalue weighted by molar-refractivity contribution is 6.29. The monoisotopic (exact) mass is 384 g/mol. The minimum atomic E-state index is -0.250. The lowest BCUT2D eigenvalue weighted by molar-refractivity contribution is -0.116. The maximum atomic E-state index is 12.3. The lowest BCUT2D eigenvalue weighted by Gasteiger charge is -2.10. The van der Waals surface area contributed by atoms with Crippen molar-refractivity contribution in [1.82, 2.24) is 14.9 Å². The second-order valence-electron chi connectivity index (χ2n) is 6.47. The lowest BCUT2D eigenvalue weighted by atomic mass is 10.2. The number of hydrogen-bond donors (Lipinski definition) is 2. The Bertz CT molecular complexity index is 967. The van der Waals surface area contributed by atoms with Gasteiger partial charge in [0.1, 0.15) is 0 Å². The fraction of sp³-hybridized carbons (Fsp3) is 0.250. The Morgan fingerprint density at radius 1 is 1.15 bits per heavy atom. The number of aromatic nitrogens is 2. The van der Waals surface area contributed by atoms with Crippen molar-refractivity contribution in [1.29, 1.82) is 0 Å². The van der Waals surface area contributed by atoms with Crippen LogP contribution in [0.2, 0.25) is 5.28 Å². The molecule has 0 bridgehead atoms. The first-order valence-electron chi connectivity index (χ1n) is 8.76. The highest BCUT2D eigenvalue weighted by atomic mass is 35.5. The number of anilines is 1. The molecule has 0 atom stereocenters. The molecule has 7 heteroatoms. The fourth-order valence-electron chi connectivity index (χ4n) is 2.84. The van der Waals surface area contributed by atoms with E-state index in [1.54, 1.807) is 12.1 Å². The first-order chi connectivity index (χ1) is 13.0. The summed E-state index contributed by atoms with van der Waals surface area (Å²) >= 11 is 6.19. The number of nitrogens with zero attached hydrogens (tertiary/aromatic N) is 2. The number of carbonyl (C=O) groups excluding carboxylic acids is 2. The Morgan fingerprint density at radius 2 is 1.89 bits per heavy atom. The zero-order chi connectivity index (χ0) is 19.4. The smallest absolute Gasteiger partial charge is 0.251 e. The predicted octanol–water partition coefficient (Wildman–Crippen LogP) is 4.03. The lowest BCUT2D eigenvalue weighted by Crippen LogP contribution is -2.27. The van der Waals surface area contributed by atoms with Gasteiger partial charge in [0, 0.05) is 30.3 Å². The van der Waals surface area contributed by atoms with E-state index in [0.717, 1.165) is 11.2 Å². The molecule has 1 heterocycles. The molecule has 6 nitrogen and oxygen atoms in total. The van der Waals surface area contributed by atoms with Crippen molar-refractivity contribution in [2.45, 2.75) is 26.3 Å². The van der Waals surface area contributed by atoms with Gasteiger partial charge in [-0.05, 0) is 55.8 Å². The van der Waals surface area contributed by atoms with Gasteiger partial charge < -0.3 is 15.2 Å². The number of benzene rings is 2. The van der Waals surface area contributed by atoms with E-state index in [2.05, 4.69) is 15.6 Å². The van der Waals surface area contributed by atoms with Crippen LogP contribution in [0.25, 0.3) is 11.0 Å². The molecule has 0 unspecified atom stereocenters. The first-order valence-corrected chi connectivity index (χ1v) is 9.14. The standard InChI is InChI=1S/C20H21ClN4O2/c1-13(2)25-17-9-8-14(12-16(17)24-20(25)21)19(27)22-11-10-18(26)23-15-6-4-3-5-7-15/h3-9,12-13H,10-11H2,1-2H3,(H,22,27)(H,23,26). The summed E-state index contributed by atoms with van der Waals surface area (Å²) in [6.07, 6.45) is 0.191. The van der Waals surface area contributed by atoms with Gasteiger partial charge in [-0.2, -0.15) is 0 Å². The second kappa shape index (κ2) is 8.22. The van der Waals surface area contributed by atoms with E-state index in [4.69, 9.17) is 11.6 Å². The summed E-state index contributed by atoms with van der Waals surface area (Å²) in [4.78, 5) is 28.6. The Morgan fingerprint density at radius 3 is 2.59 bits per heavy atom. The molecule has 0 saturated heterocycles. The molecule has 3 rings (SSSR count). The Hall–Kier alpha value is -2.86. The summed E-state index contributed by atoms with van der Waals surface area (Å²) < 4.78 is 1.91. The molecule has 0 spiro atoms. The third kappa shape index (κ3) is 4.46. The van der Waals surface area contributed by atoms with Crippen molar-refractivity contribution in [2.24, 2.45) is 0 Å². The van der Waals surface area contributed by atoms with Crippen LogP contribution >= 0.6 is 11.6 Å². The van der Waals surface area contributed by atoms with Gasteiger partial charge in [0.25, 0.3) is 5.91 Å². The average molecular weight is 385 g/mol. The highest BCUT2D eigenvalue weighted by Crippen LogP contribution is 2.25. The third-order valence-electron chi connectivity index (χ3n) is 4.12. The summed E-state index contributed by atoms with van der Waals surface area (Å²) in [5.41, 5.74) is 2.77. The number of amides is 2. The maximum absolute atomic E-state index is 12.3. The molecular formula is C20H21ClN4O2. The summed E-state index contributed by atoms with van der Waals surface area (Å²) in [7, 11) is 0. The zero-order valence-electron chi connectivity index (χ0n) is 15.2. The Labute approximate surface area is 162 Å². The summed E-state index contributed by atoms with van der Waals surface area (Å²) in [6.45, 7) is 4.29. The SMILES string of the molecule is CC(C)n1c(Cl)nc2cc(C(=O)NCCC(=O)Nc3ccccc3)ccc21. The molecule has 0 aliphatic rings. The van der Waals surface area contributed by atoms with Crippen LogP contribution in [0.3, 0.4) is 0 Å². The van der Waals surface area contributed by atoms with Crippen molar-refractivity contribution >= 4 is 40.1 Å². The number of nitrogens with one attached hydrogen (secondary N) is 2. The van der Waals surface area contributed by atoms with Crippen LogP contribution in [-0.2, 0) is 4.79 Å². The molecule has 0 fully saturated rings. The molecule has 0 aliphatic heterocycles. The minimum Gasteiger partial charge on any atom is -0.352 e. The van der Waals surface area contributed by atoms with Crippen molar-refractivity contribution in [3.8, 4) is 0 Å². The molecule has 1 aromatic heterocycles. The topological polar surface area (TPSA) is 76.0 Å². The van der Waals surface area contributed by atoms with E-state index in [1.165, 1.54) is 0 Å². The van der Waals surface area contributed by atoms with E-state index < -0.39 is 0 Å². The van der Waals surface area contributed by atoms with Crippen LogP contribution < -0.4 is 10.6 Å². The molecule has 0 aliphatic carbocycles. The number of rotatable bonds is 6. The number of imidazole rings is 1. The van der Waals surface area contributed by atoms with Gasteiger partial charge in [-0.25, -0.2) is 4.98 Å². The van der Waals surface area contributed by atoms with Crippen LogP contribution in [0, 0.1) is 0 Å². The van der Waals surface area contributed by atoms with E-state index in [-0.39, 0.29) is 30.8 Å². The van der Waals surface area contributed by atoms with E-state index >= 15 is 0 Å². The third-order valence-corrected chi connectivity index (χ3v) is 4.39. The van der Waals surface area contributed by atoms with Gasteiger partial charge in [-0.3, -0.25) is 9.59 Å². The molecule has 2 aromatic carbocycles. The number of para-hydroxylation sites is 1.